The SMILES string of the molecule is COc1cnn(C(C)C)c1C(=O)CC1OCCO1. The number of hydrogen-bond donors (Lipinski definition) is 0. The number of rotatable bonds is 5. The summed E-state index contributed by atoms with van der Waals surface area (Å²) in [6, 6.07) is 0.0956. The molecule has 0 N–H and O–H groups in total. The van der Waals surface area contributed by atoms with E-state index in [1.807, 2.05) is 13.8 Å². The lowest BCUT2D eigenvalue weighted by Gasteiger charge is -2.13. The van der Waals surface area contributed by atoms with Crippen LogP contribution in [0.2, 0.25) is 0 Å². The van der Waals surface area contributed by atoms with Crippen molar-refractivity contribution in [3.63, 3.8) is 0 Å². The van der Waals surface area contributed by atoms with Crippen LogP contribution in [0.3, 0.4) is 0 Å². The summed E-state index contributed by atoms with van der Waals surface area (Å²) >= 11 is 0. The predicted molar refractivity (Wildman–Crippen MR) is 63.8 cm³/mol. The lowest BCUT2D eigenvalue weighted by molar-refractivity contribution is -0.0409. The van der Waals surface area contributed by atoms with E-state index >= 15 is 0 Å². The van der Waals surface area contributed by atoms with Crippen LogP contribution in [0.25, 0.3) is 0 Å². The summed E-state index contributed by atoms with van der Waals surface area (Å²) in [7, 11) is 1.53. The third-order valence-electron chi connectivity index (χ3n) is 2.78. The van der Waals surface area contributed by atoms with Crippen molar-refractivity contribution in [2.75, 3.05) is 20.3 Å². The molecule has 1 aliphatic heterocycles. The minimum Gasteiger partial charge on any atom is -0.493 e. The molecular weight excluding hydrogens is 236 g/mol. The number of aromatic nitrogens is 2. The van der Waals surface area contributed by atoms with Gasteiger partial charge in [-0.25, -0.2) is 0 Å². The Kier molecular flexibility index (Phi) is 3.98. The zero-order valence-corrected chi connectivity index (χ0v) is 10.9. The Morgan fingerprint density at radius 3 is 2.78 bits per heavy atom. The van der Waals surface area contributed by atoms with Gasteiger partial charge in [-0.3, -0.25) is 9.48 Å². The van der Waals surface area contributed by atoms with Gasteiger partial charge < -0.3 is 14.2 Å². The van der Waals surface area contributed by atoms with Gasteiger partial charge in [0.2, 0.25) is 0 Å². The minimum absolute atomic E-state index is 0.0787. The van der Waals surface area contributed by atoms with E-state index in [0.29, 0.717) is 24.7 Å². The average Bonchev–Trinajstić information content (AvgIpc) is 2.95. The van der Waals surface area contributed by atoms with E-state index in [-0.39, 0.29) is 18.2 Å². The van der Waals surface area contributed by atoms with Gasteiger partial charge in [-0.1, -0.05) is 0 Å². The molecule has 1 aromatic rings. The smallest absolute Gasteiger partial charge is 0.189 e. The second kappa shape index (κ2) is 5.49. The van der Waals surface area contributed by atoms with Gasteiger partial charge in [-0.2, -0.15) is 5.10 Å². The summed E-state index contributed by atoms with van der Waals surface area (Å²) in [4.78, 5) is 12.3. The molecule has 18 heavy (non-hydrogen) atoms. The Morgan fingerprint density at radius 1 is 1.56 bits per heavy atom. The fraction of sp³-hybridized carbons (Fsp3) is 0.667. The van der Waals surface area contributed by atoms with Gasteiger partial charge in [-0.05, 0) is 13.8 Å². The maximum absolute atomic E-state index is 12.3. The summed E-state index contributed by atoms with van der Waals surface area (Å²) in [6.07, 6.45) is 1.30. The largest absolute Gasteiger partial charge is 0.493 e. The molecule has 1 aromatic heterocycles. The molecule has 1 fully saturated rings. The zero-order chi connectivity index (χ0) is 13.1. The van der Waals surface area contributed by atoms with Crippen LogP contribution in [-0.2, 0) is 9.47 Å². The third-order valence-corrected chi connectivity index (χ3v) is 2.78. The van der Waals surface area contributed by atoms with Crippen molar-refractivity contribution in [1.82, 2.24) is 9.78 Å². The van der Waals surface area contributed by atoms with E-state index < -0.39 is 6.29 Å². The Balaban J connectivity index is 2.19. The normalized spacial score (nSPS) is 16.4. The van der Waals surface area contributed by atoms with Crippen LogP contribution >= 0.6 is 0 Å². The number of carbonyl (C=O) groups excluding carboxylic acids is 1. The molecule has 100 valence electrons. The van der Waals surface area contributed by atoms with Crippen molar-refractivity contribution in [2.24, 2.45) is 0 Å². The summed E-state index contributed by atoms with van der Waals surface area (Å²) in [5.74, 6) is 0.414. The quantitative estimate of drug-likeness (QED) is 0.744. The van der Waals surface area contributed by atoms with Crippen molar-refractivity contribution in [1.29, 1.82) is 0 Å². The summed E-state index contributed by atoms with van der Waals surface area (Å²) in [6.45, 7) is 5.01. The average molecular weight is 254 g/mol. The first-order valence-corrected chi connectivity index (χ1v) is 6.01. The standard InChI is InChI=1S/C12H18N2O4/c1-8(2)14-12(10(16-3)7-13-14)9(15)6-11-17-4-5-18-11/h7-8,11H,4-6H2,1-3H3. The lowest BCUT2D eigenvalue weighted by atomic mass is 10.2. The monoisotopic (exact) mass is 254 g/mol. The summed E-state index contributed by atoms with van der Waals surface area (Å²) in [5, 5.41) is 4.17. The molecule has 0 bridgehead atoms. The first kappa shape index (κ1) is 13.0. The van der Waals surface area contributed by atoms with Gasteiger partial charge in [-0.15, -0.1) is 0 Å². The van der Waals surface area contributed by atoms with E-state index in [1.54, 1.807) is 10.9 Å². The van der Waals surface area contributed by atoms with Gasteiger partial charge >= 0.3 is 0 Å². The van der Waals surface area contributed by atoms with E-state index in [9.17, 15) is 4.79 Å². The highest BCUT2D eigenvalue weighted by Gasteiger charge is 2.26. The highest BCUT2D eigenvalue weighted by atomic mass is 16.7. The van der Waals surface area contributed by atoms with Crippen molar-refractivity contribution < 1.29 is 19.0 Å². The molecule has 0 unspecified atom stereocenters. The van der Waals surface area contributed by atoms with Crippen LogP contribution in [-0.4, -0.2) is 42.2 Å². The van der Waals surface area contributed by atoms with Crippen molar-refractivity contribution in [3.05, 3.63) is 11.9 Å². The summed E-state index contributed by atoms with van der Waals surface area (Å²) in [5.41, 5.74) is 0.478. The number of Topliss-reactive ketones (excluding diaryl/α,β-unsaturated/α-hetero) is 1. The molecule has 6 heteroatoms. The van der Waals surface area contributed by atoms with Crippen molar-refractivity contribution in [3.8, 4) is 5.75 Å². The van der Waals surface area contributed by atoms with Crippen molar-refractivity contribution in [2.45, 2.75) is 32.6 Å². The van der Waals surface area contributed by atoms with Gasteiger partial charge in [0.1, 0.15) is 5.69 Å². The topological polar surface area (TPSA) is 62.6 Å². The highest BCUT2D eigenvalue weighted by molar-refractivity contribution is 5.97. The van der Waals surface area contributed by atoms with Crippen LogP contribution in [0.5, 0.6) is 5.75 Å². The molecule has 1 saturated heterocycles. The van der Waals surface area contributed by atoms with E-state index in [1.165, 1.54) is 7.11 Å². The van der Waals surface area contributed by atoms with Crippen molar-refractivity contribution >= 4 is 5.78 Å². The molecular formula is C12H18N2O4. The number of hydrogen-bond acceptors (Lipinski definition) is 5. The maximum atomic E-state index is 12.3. The molecule has 0 atom stereocenters. The Bertz CT molecular complexity index is 422. The first-order chi connectivity index (χ1) is 8.63. The van der Waals surface area contributed by atoms with E-state index in [0.717, 1.165) is 0 Å². The first-order valence-electron chi connectivity index (χ1n) is 6.01. The second-order valence-electron chi connectivity index (χ2n) is 4.40. The fourth-order valence-electron chi connectivity index (χ4n) is 1.93. The van der Waals surface area contributed by atoms with Crippen LogP contribution in [0.15, 0.2) is 6.20 Å². The number of ether oxygens (including phenoxy) is 3. The third kappa shape index (κ3) is 2.54. The highest BCUT2D eigenvalue weighted by Crippen LogP contribution is 2.24. The molecule has 6 nitrogen and oxygen atoms in total. The Morgan fingerprint density at radius 2 is 2.22 bits per heavy atom. The molecule has 2 rings (SSSR count). The second-order valence-corrected chi connectivity index (χ2v) is 4.40. The fourth-order valence-corrected chi connectivity index (χ4v) is 1.93. The molecule has 0 radical (unpaired) electrons. The molecule has 0 amide bonds. The van der Waals surface area contributed by atoms with Crippen LogP contribution in [0, 0.1) is 0 Å². The minimum atomic E-state index is -0.447. The van der Waals surface area contributed by atoms with Crippen LogP contribution < -0.4 is 4.74 Å². The predicted octanol–water partition coefficient (Wildman–Crippen LogP) is 1.42. The van der Waals surface area contributed by atoms with Gasteiger partial charge in [0.05, 0.1) is 32.9 Å². The maximum Gasteiger partial charge on any atom is 0.189 e. The molecule has 0 spiro atoms. The molecule has 0 aliphatic carbocycles. The zero-order valence-electron chi connectivity index (χ0n) is 10.9. The number of methoxy groups -OCH3 is 1. The van der Waals surface area contributed by atoms with E-state index in [4.69, 9.17) is 14.2 Å². The van der Waals surface area contributed by atoms with Crippen LogP contribution in [0.1, 0.15) is 36.8 Å². The summed E-state index contributed by atoms with van der Waals surface area (Å²) < 4.78 is 17.4. The Labute approximate surface area is 106 Å². The molecule has 0 aromatic carbocycles. The number of nitrogens with zero attached hydrogens (tertiary/aromatic N) is 2. The molecule has 0 saturated carbocycles. The van der Waals surface area contributed by atoms with E-state index in [2.05, 4.69) is 5.10 Å². The van der Waals surface area contributed by atoms with Gasteiger partial charge in [0.15, 0.2) is 17.8 Å². The number of ketones is 1. The van der Waals surface area contributed by atoms with Gasteiger partial charge in [0, 0.05) is 6.04 Å². The lowest BCUT2D eigenvalue weighted by Crippen LogP contribution is -2.19. The molecule has 1 aliphatic rings. The Hall–Kier alpha value is -1.40. The number of carbonyl (C=O) groups is 1. The van der Waals surface area contributed by atoms with Crippen LogP contribution in [0.4, 0.5) is 0 Å². The van der Waals surface area contributed by atoms with Gasteiger partial charge in [0.25, 0.3) is 0 Å². The molecule has 2 heterocycles.